The zero-order valence-electron chi connectivity index (χ0n) is 15.5. The van der Waals surface area contributed by atoms with Gasteiger partial charge in [-0.3, -0.25) is 0 Å². The predicted octanol–water partition coefficient (Wildman–Crippen LogP) is 5.75. The van der Waals surface area contributed by atoms with Crippen LogP contribution in [0.25, 0.3) is 5.57 Å². The Hall–Kier alpha value is -1.34. The highest BCUT2D eigenvalue weighted by atomic mass is 32.1. The summed E-state index contributed by atoms with van der Waals surface area (Å²) in [6.07, 6.45) is -2.94. The number of hydrogen-bond donors (Lipinski definition) is 0. The quantitative estimate of drug-likeness (QED) is 0.580. The highest BCUT2D eigenvalue weighted by Gasteiger charge is 2.40. The van der Waals surface area contributed by atoms with Gasteiger partial charge >= 0.3 is 12.1 Å². The van der Waals surface area contributed by atoms with E-state index < -0.39 is 24.2 Å². The van der Waals surface area contributed by atoms with Crippen LogP contribution in [-0.2, 0) is 14.3 Å². The molecule has 0 fully saturated rings. The van der Waals surface area contributed by atoms with Gasteiger partial charge in [0.05, 0.1) is 12.5 Å². The lowest BCUT2D eigenvalue weighted by Crippen LogP contribution is -2.24. The lowest BCUT2D eigenvalue weighted by Gasteiger charge is -2.26. The molecule has 1 heterocycles. The molecule has 3 nitrogen and oxygen atoms in total. The van der Waals surface area contributed by atoms with Crippen LogP contribution in [-0.4, -0.2) is 25.4 Å². The van der Waals surface area contributed by atoms with Crippen LogP contribution in [0, 0.1) is 19.8 Å². The number of esters is 1. The fourth-order valence-electron chi connectivity index (χ4n) is 3.43. The third-order valence-corrected chi connectivity index (χ3v) is 5.63. The Morgan fingerprint density at radius 1 is 1.27 bits per heavy atom. The SMILES string of the molecule is CCOC(=O)C(OCC)c1c(C)sc(C)c1C1=CCC(C(F)(F)F)CC1. The van der Waals surface area contributed by atoms with Crippen LogP contribution in [0.2, 0.25) is 0 Å². The zero-order valence-corrected chi connectivity index (χ0v) is 16.4. The fraction of sp³-hybridized carbons (Fsp3) is 0.632. The van der Waals surface area contributed by atoms with Crippen LogP contribution in [0.3, 0.4) is 0 Å². The molecule has 1 aromatic rings. The van der Waals surface area contributed by atoms with Crippen molar-refractivity contribution < 1.29 is 27.4 Å². The number of rotatable bonds is 6. The van der Waals surface area contributed by atoms with Gasteiger partial charge in [-0.15, -0.1) is 11.3 Å². The van der Waals surface area contributed by atoms with Crippen molar-refractivity contribution in [2.75, 3.05) is 13.2 Å². The molecule has 26 heavy (non-hydrogen) atoms. The van der Waals surface area contributed by atoms with Gasteiger partial charge in [-0.1, -0.05) is 6.08 Å². The van der Waals surface area contributed by atoms with Gasteiger partial charge < -0.3 is 9.47 Å². The summed E-state index contributed by atoms with van der Waals surface area (Å²) < 4.78 is 49.7. The second-order valence-corrected chi connectivity index (χ2v) is 7.76. The molecule has 0 amide bonds. The molecule has 0 N–H and O–H groups in total. The fourth-order valence-corrected chi connectivity index (χ4v) is 4.55. The van der Waals surface area contributed by atoms with Crippen LogP contribution in [0.1, 0.15) is 60.1 Å². The normalized spacial score (nSPS) is 19.2. The Balaban J connectivity index is 2.41. The van der Waals surface area contributed by atoms with Gasteiger partial charge in [0.15, 0.2) is 6.10 Å². The van der Waals surface area contributed by atoms with Gasteiger partial charge in [0.2, 0.25) is 0 Å². The number of thiophene rings is 1. The van der Waals surface area contributed by atoms with E-state index >= 15 is 0 Å². The van der Waals surface area contributed by atoms with Gasteiger partial charge in [0.1, 0.15) is 0 Å². The van der Waals surface area contributed by atoms with Crippen molar-refractivity contribution in [3.8, 4) is 0 Å². The third-order valence-electron chi connectivity index (χ3n) is 4.60. The molecule has 0 aliphatic heterocycles. The lowest BCUT2D eigenvalue weighted by molar-refractivity contribution is -0.175. The number of carbonyl (C=O) groups excluding carboxylic acids is 1. The molecular weight excluding hydrogens is 365 g/mol. The molecule has 1 aromatic heterocycles. The maximum atomic E-state index is 12.9. The molecule has 1 aliphatic carbocycles. The molecule has 0 saturated heterocycles. The summed E-state index contributed by atoms with van der Waals surface area (Å²) in [5.41, 5.74) is 2.47. The van der Waals surface area contributed by atoms with Crippen LogP contribution in [0.4, 0.5) is 13.2 Å². The first-order chi connectivity index (χ1) is 12.2. The summed E-state index contributed by atoms with van der Waals surface area (Å²) in [5.74, 6) is -1.75. The average molecular weight is 390 g/mol. The van der Waals surface area contributed by atoms with Crippen LogP contribution in [0.5, 0.6) is 0 Å². The monoisotopic (exact) mass is 390 g/mol. The van der Waals surface area contributed by atoms with Crippen LogP contribution < -0.4 is 0 Å². The van der Waals surface area contributed by atoms with E-state index in [1.54, 1.807) is 19.9 Å². The van der Waals surface area contributed by atoms with E-state index in [1.165, 1.54) is 11.3 Å². The summed E-state index contributed by atoms with van der Waals surface area (Å²) in [6, 6.07) is 0. The van der Waals surface area contributed by atoms with Crippen molar-refractivity contribution in [1.82, 2.24) is 0 Å². The summed E-state index contributed by atoms with van der Waals surface area (Å²) in [5, 5.41) is 0. The molecule has 2 atom stereocenters. The van der Waals surface area contributed by atoms with Gasteiger partial charge in [-0.05, 0) is 58.1 Å². The Morgan fingerprint density at radius 3 is 2.46 bits per heavy atom. The molecule has 0 saturated carbocycles. The molecule has 146 valence electrons. The summed E-state index contributed by atoms with van der Waals surface area (Å²) in [6.45, 7) is 7.95. The minimum absolute atomic E-state index is 0.0225. The van der Waals surface area contributed by atoms with E-state index in [4.69, 9.17) is 9.47 Å². The maximum absolute atomic E-state index is 12.9. The third kappa shape index (κ3) is 4.49. The number of aryl methyl sites for hydroxylation is 2. The molecule has 7 heteroatoms. The van der Waals surface area contributed by atoms with E-state index in [0.717, 1.165) is 26.5 Å². The van der Waals surface area contributed by atoms with E-state index in [0.29, 0.717) is 13.0 Å². The minimum Gasteiger partial charge on any atom is -0.464 e. The second-order valence-electron chi connectivity index (χ2n) is 6.33. The number of alkyl halides is 3. The van der Waals surface area contributed by atoms with Crippen molar-refractivity contribution in [3.63, 3.8) is 0 Å². The zero-order chi connectivity index (χ0) is 19.5. The Labute approximate surface area is 156 Å². The molecule has 2 unspecified atom stereocenters. The molecule has 1 aliphatic rings. The number of carbonyl (C=O) groups is 1. The average Bonchev–Trinajstić information content (AvgIpc) is 2.86. The van der Waals surface area contributed by atoms with Crippen molar-refractivity contribution in [2.24, 2.45) is 5.92 Å². The number of hydrogen-bond acceptors (Lipinski definition) is 4. The first kappa shape index (κ1) is 21.0. The maximum Gasteiger partial charge on any atom is 0.392 e. The van der Waals surface area contributed by atoms with Gasteiger partial charge in [0.25, 0.3) is 0 Å². The van der Waals surface area contributed by atoms with E-state index in [-0.39, 0.29) is 19.4 Å². The largest absolute Gasteiger partial charge is 0.464 e. The second kappa shape index (κ2) is 8.57. The van der Waals surface area contributed by atoms with E-state index in [1.807, 2.05) is 13.8 Å². The predicted molar refractivity (Wildman–Crippen MR) is 96.2 cm³/mol. The molecule has 0 bridgehead atoms. The van der Waals surface area contributed by atoms with Crippen molar-refractivity contribution in [2.45, 2.75) is 59.2 Å². The van der Waals surface area contributed by atoms with E-state index in [2.05, 4.69) is 0 Å². The van der Waals surface area contributed by atoms with Gasteiger partial charge in [-0.2, -0.15) is 13.2 Å². The molecule has 0 aromatic carbocycles. The Morgan fingerprint density at radius 2 is 1.96 bits per heavy atom. The van der Waals surface area contributed by atoms with Gasteiger partial charge in [0, 0.05) is 21.9 Å². The standard InChI is InChI=1S/C19H25F3O3S/c1-5-24-17(18(23)25-6-2)16-12(4)26-11(3)15(16)13-7-9-14(10-8-13)19(20,21)22/h7,14,17H,5-6,8-10H2,1-4H3. The van der Waals surface area contributed by atoms with Gasteiger partial charge in [-0.25, -0.2) is 4.79 Å². The molecule has 0 spiro atoms. The van der Waals surface area contributed by atoms with Crippen molar-refractivity contribution >= 4 is 22.9 Å². The Bertz CT molecular complexity index is 676. The number of halogens is 3. The number of ether oxygens (including phenoxy) is 2. The smallest absolute Gasteiger partial charge is 0.392 e. The number of allylic oxidation sites excluding steroid dienone is 2. The first-order valence-corrected chi connectivity index (χ1v) is 9.66. The summed E-state index contributed by atoms with van der Waals surface area (Å²) in [4.78, 5) is 14.3. The molecule has 2 rings (SSSR count). The Kier molecular flexibility index (Phi) is 6.91. The summed E-state index contributed by atoms with van der Waals surface area (Å²) >= 11 is 1.53. The van der Waals surface area contributed by atoms with Crippen molar-refractivity contribution in [3.05, 3.63) is 27.0 Å². The minimum atomic E-state index is -4.16. The van der Waals surface area contributed by atoms with Crippen LogP contribution in [0.15, 0.2) is 6.08 Å². The van der Waals surface area contributed by atoms with Crippen LogP contribution >= 0.6 is 11.3 Å². The van der Waals surface area contributed by atoms with E-state index in [9.17, 15) is 18.0 Å². The topological polar surface area (TPSA) is 35.5 Å². The van der Waals surface area contributed by atoms with Crippen molar-refractivity contribution in [1.29, 1.82) is 0 Å². The molecule has 0 radical (unpaired) electrons. The lowest BCUT2D eigenvalue weighted by atomic mass is 9.84. The highest BCUT2D eigenvalue weighted by Crippen LogP contribution is 2.44. The summed E-state index contributed by atoms with van der Waals surface area (Å²) in [7, 11) is 0. The highest BCUT2D eigenvalue weighted by molar-refractivity contribution is 7.12. The first-order valence-electron chi connectivity index (χ1n) is 8.84. The molecular formula is C19H25F3O3S.